The number of hydrogen-bond acceptors (Lipinski definition) is 3. The summed E-state index contributed by atoms with van der Waals surface area (Å²) in [6, 6.07) is 1.79. The summed E-state index contributed by atoms with van der Waals surface area (Å²) in [5.41, 5.74) is 5.86. The molecular formula is C11H25N3. The van der Waals surface area contributed by atoms with Gasteiger partial charge in [0.1, 0.15) is 0 Å². The van der Waals surface area contributed by atoms with Gasteiger partial charge in [-0.05, 0) is 40.8 Å². The molecule has 2 unspecified atom stereocenters. The molecule has 84 valence electrons. The lowest BCUT2D eigenvalue weighted by atomic mass is 10.1. The van der Waals surface area contributed by atoms with E-state index in [0.717, 1.165) is 13.1 Å². The zero-order valence-corrected chi connectivity index (χ0v) is 10.0. The molecule has 0 amide bonds. The van der Waals surface area contributed by atoms with Crippen molar-refractivity contribution in [3.05, 3.63) is 0 Å². The van der Waals surface area contributed by atoms with Crippen LogP contribution in [0.5, 0.6) is 0 Å². The molecule has 1 aliphatic heterocycles. The number of likely N-dealkylation sites (N-methyl/N-ethyl adjacent to an activating group) is 1. The van der Waals surface area contributed by atoms with E-state index in [0.29, 0.717) is 18.1 Å². The Kier molecular flexibility index (Phi) is 4.35. The normalized spacial score (nSPS) is 32.1. The maximum atomic E-state index is 5.86. The van der Waals surface area contributed by atoms with Crippen LogP contribution in [0, 0.1) is 0 Å². The van der Waals surface area contributed by atoms with Crippen LogP contribution in [0.4, 0.5) is 0 Å². The highest BCUT2D eigenvalue weighted by Gasteiger charge is 2.28. The lowest BCUT2D eigenvalue weighted by molar-refractivity contribution is 0.110. The van der Waals surface area contributed by atoms with Crippen LogP contribution in [0.25, 0.3) is 0 Å². The van der Waals surface area contributed by atoms with Crippen molar-refractivity contribution in [2.75, 3.05) is 26.7 Å². The van der Waals surface area contributed by atoms with Crippen LogP contribution in [-0.2, 0) is 0 Å². The second-order valence-corrected chi connectivity index (χ2v) is 4.83. The Labute approximate surface area is 88.2 Å². The van der Waals surface area contributed by atoms with Gasteiger partial charge in [-0.3, -0.25) is 4.90 Å². The zero-order chi connectivity index (χ0) is 10.7. The average molecular weight is 199 g/mol. The summed E-state index contributed by atoms with van der Waals surface area (Å²) in [7, 11) is 2.19. The number of nitrogens with zero attached hydrogens (tertiary/aromatic N) is 2. The van der Waals surface area contributed by atoms with Crippen LogP contribution in [0.2, 0.25) is 0 Å². The largest absolute Gasteiger partial charge is 0.329 e. The average Bonchev–Trinajstić information content (AvgIpc) is 2.25. The Morgan fingerprint density at radius 2 is 2.07 bits per heavy atom. The van der Waals surface area contributed by atoms with Crippen molar-refractivity contribution < 1.29 is 0 Å². The number of rotatable bonds is 2. The Morgan fingerprint density at radius 3 is 2.57 bits per heavy atom. The van der Waals surface area contributed by atoms with E-state index in [9.17, 15) is 0 Å². The molecule has 0 spiro atoms. The highest BCUT2D eigenvalue weighted by Crippen LogP contribution is 2.17. The maximum absolute atomic E-state index is 5.86. The first-order chi connectivity index (χ1) is 6.56. The van der Waals surface area contributed by atoms with E-state index in [4.69, 9.17) is 5.73 Å². The molecule has 0 saturated carbocycles. The molecule has 1 fully saturated rings. The molecule has 0 radical (unpaired) electrons. The third kappa shape index (κ3) is 2.69. The lowest BCUT2D eigenvalue weighted by Crippen LogP contribution is -2.51. The summed E-state index contributed by atoms with van der Waals surface area (Å²) in [5.74, 6) is 0. The minimum Gasteiger partial charge on any atom is -0.329 e. The summed E-state index contributed by atoms with van der Waals surface area (Å²) >= 11 is 0. The molecule has 0 aromatic carbocycles. The smallest absolute Gasteiger partial charge is 0.0351 e. The Hall–Kier alpha value is -0.120. The molecule has 2 N–H and O–H groups in total. The van der Waals surface area contributed by atoms with Crippen molar-refractivity contribution in [1.29, 1.82) is 0 Å². The number of nitrogens with two attached hydrogens (primary N) is 1. The highest BCUT2D eigenvalue weighted by molar-refractivity contribution is 4.85. The van der Waals surface area contributed by atoms with Gasteiger partial charge in [0, 0.05) is 31.2 Å². The first-order valence-corrected chi connectivity index (χ1v) is 5.72. The molecule has 0 aromatic rings. The third-order valence-electron chi connectivity index (χ3n) is 3.25. The molecule has 3 nitrogen and oxygen atoms in total. The minimum absolute atomic E-state index is 0.525. The molecule has 1 saturated heterocycles. The monoisotopic (exact) mass is 199 g/mol. The van der Waals surface area contributed by atoms with Gasteiger partial charge in [0.05, 0.1) is 0 Å². The van der Waals surface area contributed by atoms with E-state index >= 15 is 0 Å². The maximum Gasteiger partial charge on any atom is 0.0351 e. The fourth-order valence-electron chi connectivity index (χ4n) is 2.59. The molecule has 14 heavy (non-hydrogen) atoms. The summed E-state index contributed by atoms with van der Waals surface area (Å²) in [6.07, 6.45) is 1.26. The predicted molar refractivity (Wildman–Crippen MR) is 61.4 cm³/mol. The molecule has 3 heteroatoms. The van der Waals surface area contributed by atoms with Gasteiger partial charge in [-0.25, -0.2) is 0 Å². The number of hydrogen-bond donors (Lipinski definition) is 1. The van der Waals surface area contributed by atoms with Crippen LogP contribution in [0.1, 0.15) is 27.2 Å². The lowest BCUT2D eigenvalue weighted by Gasteiger charge is -2.37. The summed E-state index contributed by atoms with van der Waals surface area (Å²) in [6.45, 7) is 9.93. The van der Waals surface area contributed by atoms with E-state index in [1.54, 1.807) is 0 Å². The van der Waals surface area contributed by atoms with Crippen LogP contribution in [-0.4, -0.2) is 54.6 Å². The van der Waals surface area contributed by atoms with Gasteiger partial charge in [0.15, 0.2) is 0 Å². The SMILES string of the molecule is CC(C)N1C(C)CCN(C)CC1CN. The van der Waals surface area contributed by atoms with Gasteiger partial charge in [-0.2, -0.15) is 0 Å². The van der Waals surface area contributed by atoms with Crippen molar-refractivity contribution >= 4 is 0 Å². The van der Waals surface area contributed by atoms with Crippen molar-refractivity contribution in [1.82, 2.24) is 9.80 Å². The topological polar surface area (TPSA) is 32.5 Å². The standard InChI is InChI=1S/C11H25N3/c1-9(2)14-10(3)5-6-13(4)8-11(14)7-12/h9-11H,5-8,12H2,1-4H3. The molecule has 0 aliphatic carbocycles. The Bertz CT molecular complexity index is 170. The van der Waals surface area contributed by atoms with Crippen LogP contribution in [0.3, 0.4) is 0 Å². The quantitative estimate of drug-likeness (QED) is 0.712. The van der Waals surface area contributed by atoms with E-state index < -0.39 is 0 Å². The van der Waals surface area contributed by atoms with Gasteiger partial charge >= 0.3 is 0 Å². The minimum atomic E-state index is 0.525. The summed E-state index contributed by atoms with van der Waals surface area (Å²) < 4.78 is 0. The van der Waals surface area contributed by atoms with E-state index in [-0.39, 0.29) is 0 Å². The van der Waals surface area contributed by atoms with Crippen LogP contribution >= 0.6 is 0 Å². The fraction of sp³-hybridized carbons (Fsp3) is 1.00. The van der Waals surface area contributed by atoms with Crippen molar-refractivity contribution in [2.24, 2.45) is 5.73 Å². The molecule has 1 heterocycles. The van der Waals surface area contributed by atoms with Gasteiger partial charge in [-0.1, -0.05) is 0 Å². The van der Waals surface area contributed by atoms with Gasteiger partial charge in [-0.15, -0.1) is 0 Å². The second kappa shape index (κ2) is 5.10. The van der Waals surface area contributed by atoms with Gasteiger partial charge in [0.2, 0.25) is 0 Å². The van der Waals surface area contributed by atoms with Gasteiger partial charge < -0.3 is 10.6 Å². The molecular weight excluding hydrogens is 174 g/mol. The van der Waals surface area contributed by atoms with Crippen LogP contribution < -0.4 is 5.73 Å². The first-order valence-electron chi connectivity index (χ1n) is 5.72. The third-order valence-corrected chi connectivity index (χ3v) is 3.25. The van der Waals surface area contributed by atoms with E-state index in [1.165, 1.54) is 13.0 Å². The van der Waals surface area contributed by atoms with Crippen molar-refractivity contribution in [3.63, 3.8) is 0 Å². The summed E-state index contributed by atoms with van der Waals surface area (Å²) in [4.78, 5) is 4.97. The van der Waals surface area contributed by atoms with Crippen molar-refractivity contribution in [3.8, 4) is 0 Å². The van der Waals surface area contributed by atoms with E-state index in [2.05, 4.69) is 37.6 Å². The second-order valence-electron chi connectivity index (χ2n) is 4.83. The fourth-order valence-corrected chi connectivity index (χ4v) is 2.59. The highest BCUT2D eigenvalue weighted by atomic mass is 15.3. The summed E-state index contributed by atoms with van der Waals surface area (Å²) in [5, 5.41) is 0. The molecule has 1 aliphatic rings. The molecule has 0 aromatic heterocycles. The first kappa shape index (κ1) is 12.0. The molecule has 2 atom stereocenters. The molecule has 1 rings (SSSR count). The Morgan fingerprint density at radius 1 is 1.43 bits per heavy atom. The predicted octanol–water partition coefficient (Wildman–Crippen LogP) is 0.748. The zero-order valence-electron chi connectivity index (χ0n) is 10.0. The van der Waals surface area contributed by atoms with E-state index in [1.807, 2.05) is 0 Å². The van der Waals surface area contributed by atoms with Crippen LogP contribution in [0.15, 0.2) is 0 Å². The van der Waals surface area contributed by atoms with Gasteiger partial charge in [0.25, 0.3) is 0 Å². The van der Waals surface area contributed by atoms with Crippen molar-refractivity contribution in [2.45, 2.75) is 45.3 Å². The Balaban J connectivity index is 2.73. The molecule has 0 bridgehead atoms.